The topological polar surface area (TPSA) is 115 Å². The second kappa shape index (κ2) is 9.77. The maximum atomic E-state index is 12.6. The Hall–Kier alpha value is -3.81. The number of amides is 1. The number of nitrogens with zero attached hydrogens (tertiary/aromatic N) is 2. The van der Waals surface area contributed by atoms with Crippen LogP contribution in [0.1, 0.15) is 32.9 Å². The van der Waals surface area contributed by atoms with Crippen molar-refractivity contribution < 1.29 is 24.2 Å². The molecule has 1 saturated heterocycles. The van der Waals surface area contributed by atoms with Crippen molar-refractivity contribution in [3.05, 3.63) is 67.0 Å². The number of nitrogens with two attached hydrogens (primary N) is 1. The maximum Gasteiger partial charge on any atom is 0.411 e. The third-order valence-electron chi connectivity index (χ3n) is 5.03. The summed E-state index contributed by atoms with van der Waals surface area (Å²) in [5.74, 6) is -0.758. The summed E-state index contributed by atoms with van der Waals surface area (Å²) in [6, 6.07) is 8.47. The molecule has 3 N–H and O–H groups in total. The van der Waals surface area contributed by atoms with Crippen LogP contribution in [0.3, 0.4) is 0 Å². The highest BCUT2D eigenvalue weighted by molar-refractivity contribution is 5.90. The molecule has 1 fully saturated rings. The van der Waals surface area contributed by atoms with Crippen molar-refractivity contribution >= 4 is 28.4 Å². The van der Waals surface area contributed by atoms with E-state index in [1.165, 1.54) is 11.1 Å². The largest absolute Gasteiger partial charge is 0.480 e. The normalized spacial score (nSPS) is 19.1. The highest BCUT2D eigenvalue weighted by Gasteiger charge is 2.43. The molecule has 33 heavy (non-hydrogen) atoms. The summed E-state index contributed by atoms with van der Waals surface area (Å²) in [7, 11) is 0. The van der Waals surface area contributed by atoms with Crippen LogP contribution in [0.15, 0.2) is 61.3 Å². The van der Waals surface area contributed by atoms with Crippen molar-refractivity contribution in [1.29, 1.82) is 0 Å². The third-order valence-corrected chi connectivity index (χ3v) is 5.03. The van der Waals surface area contributed by atoms with E-state index in [2.05, 4.69) is 11.6 Å². The highest BCUT2D eigenvalue weighted by atomic mass is 16.6. The van der Waals surface area contributed by atoms with Gasteiger partial charge in [0.05, 0.1) is 12.2 Å². The van der Waals surface area contributed by atoms with Crippen molar-refractivity contribution in [2.45, 2.75) is 44.9 Å². The van der Waals surface area contributed by atoms with E-state index in [1.54, 1.807) is 39.0 Å². The molecule has 0 aliphatic carbocycles. The van der Waals surface area contributed by atoms with Crippen LogP contribution in [-0.2, 0) is 9.53 Å². The molecule has 3 rings (SSSR count). The monoisotopic (exact) mass is 451 g/mol. The van der Waals surface area contributed by atoms with Crippen LogP contribution in [0, 0.1) is 0 Å². The van der Waals surface area contributed by atoms with Gasteiger partial charge in [0.25, 0.3) is 0 Å². The van der Waals surface area contributed by atoms with Crippen LogP contribution in [0.5, 0.6) is 5.88 Å². The molecule has 2 heterocycles. The minimum absolute atomic E-state index is 0.0736. The second-order valence-electron chi connectivity index (χ2n) is 8.71. The molecule has 1 amide bonds. The number of hydrogen-bond donors (Lipinski definition) is 2. The zero-order chi connectivity index (χ0) is 24.2. The fourth-order valence-electron chi connectivity index (χ4n) is 3.66. The standard InChI is InChI=1S/C25H29N3O5/c1-5-8-16(11-12-26)20-13-17-9-6-7-10-19(17)22(27-20)32-18-14-21(23(29)30)28(15-18)24(31)33-25(2,3)4/h5-13,18,21H,1,14-15,26H2,2-4H3,(H,29,30)/b12-11-,16-8+/t18-,21+/m1/s1. The van der Waals surface area contributed by atoms with E-state index in [-0.39, 0.29) is 13.0 Å². The van der Waals surface area contributed by atoms with Crippen LogP contribution in [0.25, 0.3) is 16.3 Å². The van der Waals surface area contributed by atoms with Gasteiger partial charge in [0, 0.05) is 17.4 Å². The van der Waals surface area contributed by atoms with Gasteiger partial charge in [-0.1, -0.05) is 36.9 Å². The molecule has 0 unspecified atom stereocenters. The van der Waals surface area contributed by atoms with E-state index in [9.17, 15) is 14.7 Å². The van der Waals surface area contributed by atoms with Gasteiger partial charge in [0.1, 0.15) is 17.7 Å². The zero-order valence-electron chi connectivity index (χ0n) is 19.0. The molecule has 2 atom stereocenters. The Morgan fingerprint density at radius 2 is 2.03 bits per heavy atom. The molecule has 174 valence electrons. The molecule has 0 radical (unpaired) electrons. The smallest absolute Gasteiger partial charge is 0.411 e. The van der Waals surface area contributed by atoms with E-state index >= 15 is 0 Å². The van der Waals surface area contributed by atoms with E-state index in [1.807, 2.05) is 30.3 Å². The number of aromatic nitrogens is 1. The summed E-state index contributed by atoms with van der Waals surface area (Å²) in [6.07, 6.45) is 5.42. The number of hydrogen-bond acceptors (Lipinski definition) is 6. The molecule has 1 aliphatic rings. The summed E-state index contributed by atoms with van der Waals surface area (Å²) < 4.78 is 11.6. The first-order valence-electron chi connectivity index (χ1n) is 10.6. The lowest BCUT2D eigenvalue weighted by molar-refractivity contribution is -0.142. The molecule has 8 nitrogen and oxygen atoms in total. The molecule has 0 bridgehead atoms. The summed E-state index contributed by atoms with van der Waals surface area (Å²) in [5, 5.41) is 11.3. The number of carbonyl (C=O) groups excluding carboxylic acids is 1. The van der Waals surface area contributed by atoms with Gasteiger partial charge in [-0.3, -0.25) is 4.90 Å². The van der Waals surface area contributed by atoms with Gasteiger partial charge in [-0.15, -0.1) is 0 Å². The van der Waals surface area contributed by atoms with Crippen LogP contribution >= 0.6 is 0 Å². The van der Waals surface area contributed by atoms with Crippen LogP contribution < -0.4 is 10.5 Å². The van der Waals surface area contributed by atoms with Gasteiger partial charge in [-0.2, -0.15) is 0 Å². The average Bonchev–Trinajstić information content (AvgIpc) is 3.17. The molecule has 1 aromatic heterocycles. The minimum Gasteiger partial charge on any atom is -0.480 e. The lowest BCUT2D eigenvalue weighted by atomic mass is 10.1. The van der Waals surface area contributed by atoms with E-state index in [4.69, 9.17) is 15.2 Å². The lowest BCUT2D eigenvalue weighted by Crippen LogP contribution is -2.43. The predicted octanol–water partition coefficient (Wildman–Crippen LogP) is 4.12. The molecular formula is C25H29N3O5. The van der Waals surface area contributed by atoms with Gasteiger partial charge >= 0.3 is 12.1 Å². The molecule has 2 aromatic rings. The number of rotatable bonds is 6. The Bertz CT molecular complexity index is 1120. The van der Waals surface area contributed by atoms with Gasteiger partial charge in [0.2, 0.25) is 5.88 Å². The summed E-state index contributed by atoms with van der Waals surface area (Å²) >= 11 is 0. The first-order chi connectivity index (χ1) is 15.6. The summed E-state index contributed by atoms with van der Waals surface area (Å²) in [5.41, 5.74) is 6.22. The van der Waals surface area contributed by atoms with Crippen molar-refractivity contribution in [2.75, 3.05) is 6.54 Å². The molecule has 0 saturated carbocycles. The van der Waals surface area contributed by atoms with Gasteiger partial charge in [-0.25, -0.2) is 14.6 Å². The number of fused-ring (bicyclic) bond motifs is 1. The van der Waals surface area contributed by atoms with Gasteiger partial charge in [-0.05, 0) is 50.6 Å². The van der Waals surface area contributed by atoms with E-state index in [0.717, 1.165) is 16.3 Å². The zero-order valence-corrected chi connectivity index (χ0v) is 19.0. The highest BCUT2D eigenvalue weighted by Crippen LogP contribution is 2.31. The van der Waals surface area contributed by atoms with E-state index < -0.39 is 29.8 Å². The fourth-order valence-corrected chi connectivity index (χ4v) is 3.66. The molecule has 0 spiro atoms. The van der Waals surface area contributed by atoms with Crippen LogP contribution in [-0.4, -0.2) is 51.3 Å². The SMILES string of the molecule is C=C/C=C(\C=C/N)c1cc2ccccc2c(O[C@@H]2C[C@@H](C(=O)O)N(C(=O)OC(C)(C)C)C2)n1. The maximum absolute atomic E-state index is 12.6. The van der Waals surface area contributed by atoms with Gasteiger partial charge < -0.3 is 20.3 Å². The summed E-state index contributed by atoms with van der Waals surface area (Å²) in [4.78, 5) is 30.3. The number of likely N-dealkylation sites (tertiary alicyclic amines) is 1. The van der Waals surface area contributed by atoms with E-state index in [0.29, 0.717) is 11.6 Å². The first-order valence-corrected chi connectivity index (χ1v) is 10.6. The van der Waals surface area contributed by atoms with Crippen molar-refractivity contribution in [1.82, 2.24) is 9.88 Å². The van der Waals surface area contributed by atoms with Crippen LogP contribution in [0.2, 0.25) is 0 Å². The Morgan fingerprint density at radius 1 is 1.30 bits per heavy atom. The number of aliphatic carboxylic acids is 1. The number of allylic oxidation sites excluding steroid dienone is 4. The quantitative estimate of drug-likeness (QED) is 0.635. The van der Waals surface area contributed by atoms with Crippen molar-refractivity contribution in [3.63, 3.8) is 0 Å². The Kier molecular flexibility index (Phi) is 7.06. The Labute approximate surface area is 193 Å². The number of pyridine rings is 1. The molecular weight excluding hydrogens is 422 g/mol. The second-order valence-corrected chi connectivity index (χ2v) is 8.71. The van der Waals surface area contributed by atoms with Crippen molar-refractivity contribution in [2.24, 2.45) is 5.73 Å². The number of carbonyl (C=O) groups is 2. The minimum atomic E-state index is -1.11. The van der Waals surface area contributed by atoms with Gasteiger partial charge in [0.15, 0.2) is 0 Å². The first kappa shape index (κ1) is 23.8. The number of benzene rings is 1. The Balaban J connectivity index is 1.95. The van der Waals surface area contributed by atoms with Crippen molar-refractivity contribution in [3.8, 4) is 5.88 Å². The Morgan fingerprint density at radius 3 is 2.67 bits per heavy atom. The summed E-state index contributed by atoms with van der Waals surface area (Å²) in [6.45, 7) is 9.01. The fraction of sp³-hybridized carbons (Fsp3) is 0.320. The predicted molar refractivity (Wildman–Crippen MR) is 127 cm³/mol. The molecule has 1 aromatic carbocycles. The average molecular weight is 452 g/mol. The molecule has 8 heteroatoms. The number of carboxylic acids is 1. The lowest BCUT2D eigenvalue weighted by Gasteiger charge is -2.26. The number of ether oxygens (including phenoxy) is 2. The number of carboxylic acid groups (broad SMARTS) is 1. The molecule has 1 aliphatic heterocycles. The third kappa shape index (κ3) is 5.71. The van der Waals surface area contributed by atoms with Crippen LogP contribution in [0.4, 0.5) is 4.79 Å².